The van der Waals surface area contributed by atoms with Crippen LogP contribution in [0.1, 0.15) is 44.2 Å². The molecule has 2 N–H and O–H groups in total. The fourth-order valence-corrected chi connectivity index (χ4v) is 1.77. The highest BCUT2D eigenvalue weighted by atomic mass is 35.5. The van der Waals surface area contributed by atoms with E-state index in [4.69, 9.17) is 5.73 Å². The van der Waals surface area contributed by atoms with Gasteiger partial charge in [-0.25, -0.2) is 0 Å². The zero-order valence-corrected chi connectivity index (χ0v) is 11.6. The third-order valence-electron chi connectivity index (χ3n) is 2.66. The van der Waals surface area contributed by atoms with Gasteiger partial charge in [-0.05, 0) is 12.5 Å². The highest BCUT2D eigenvalue weighted by molar-refractivity contribution is 5.85. The number of rotatable bonds is 6. The average Bonchev–Trinajstić information content (AvgIpc) is 2.27. The molecular weight excluding hydrogens is 279 g/mol. The number of unbranched alkanes of at least 4 members (excludes halogenated alkanes) is 2. The van der Waals surface area contributed by atoms with Crippen molar-refractivity contribution in [3.8, 4) is 5.75 Å². The van der Waals surface area contributed by atoms with Crippen molar-refractivity contribution >= 4 is 12.4 Å². The Hall–Kier alpha value is -0.940. The molecule has 2 nitrogen and oxygen atoms in total. The van der Waals surface area contributed by atoms with E-state index in [2.05, 4.69) is 11.7 Å². The molecule has 110 valence electrons. The maximum atomic E-state index is 12.2. The first-order chi connectivity index (χ1) is 8.44. The highest BCUT2D eigenvalue weighted by Crippen LogP contribution is 2.31. The van der Waals surface area contributed by atoms with Crippen molar-refractivity contribution in [1.29, 1.82) is 0 Å². The number of ether oxygens (including phenoxy) is 1. The predicted octanol–water partition coefficient (Wildman–Crippen LogP) is 4.59. The molecule has 1 aromatic carbocycles. The van der Waals surface area contributed by atoms with Crippen molar-refractivity contribution in [3.05, 3.63) is 29.8 Å². The summed E-state index contributed by atoms with van der Waals surface area (Å²) in [6.07, 6.45) is -1.05. The summed E-state index contributed by atoms with van der Waals surface area (Å²) in [7, 11) is 0. The Bertz CT molecular complexity index is 371. The fourth-order valence-electron chi connectivity index (χ4n) is 1.77. The monoisotopic (exact) mass is 297 g/mol. The molecule has 19 heavy (non-hydrogen) atoms. The minimum atomic E-state index is -4.68. The van der Waals surface area contributed by atoms with Gasteiger partial charge in [0.25, 0.3) is 0 Å². The Balaban J connectivity index is 0.00000324. The van der Waals surface area contributed by atoms with Gasteiger partial charge in [-0.15, -0.1) is 25.6 Å². The minimum Gasteiger partial charge on any atom is -0.405 e. The van der Waals surface area contributed by atoms with Crippen molar-refractivity contribution in [1.82, 2.24) is 0 Å². The molecule has 6 heteroatoms. The summed E-state index contributed by atoms with van der Waals surface area (Å²) < 4.78 is 40.7. The van der Waals surface area contributed by atoms with Crippen LogP contribution in [-0.4, -0.2) is 6.36 Å². The van der Waals surface area contributed by atoms with E-state index in [1.165, 1.54) is 12.1 Å². The van der Waals surface area contributed by atoms with Gasteiger partial charge in [0.1, 0.15) is 5.75 Å². The molecule has 0 heterocycles. The first-order valence-electron chi connectivity index (χ1n) is 6.04. The number of hydrogen-bond acceptors (Lipinski definition) is 2. The molecule has 0 saturated carbocycles. The summed E-state index contributed by atoms with van der Waals surface area (Å²) in [6.45, 7) is 2.06. The van der Waals surface area contributed by atoms with E-state index < -0.39 is 12.4 Å². The second-order valence-electron chi connectivity index (χ2n) is 4.19. The molecule has 0 aromatic heterocycles. The highest BCUT2D eigenvalue weighted by Gasteiger charge is 2.32. The van der Waals surface area contributed by atoms with E-state index >= 15 is 0 Å². The lowest BCUT2D eigenvalue weighted by Crippen LogP contribution is -2.20. The average molecular weight is 298 g/mol. The van der Waals surface area contributed by atoms with Crippen molar-refractivity contribution in [2.24, 2.45) is 5.73 Å². The third kappa shape index (κ3) is 6.68. The third-order valence-corrected chi connectivity index (χ3v) is 2.66. The zero-order chi connectivity index (χ0) is 13.6. The van der Waals surface area contributed by atoms with Gasteiger partial charge in [0, 0.05) is 11.6 Å². The lowest BCUT2D eigenvalue weighted by atomic mass is 10.0. The van der Waals surface area contributed by atoms with Crippen LogP contribution in [0.25, 0.3) is 0 Å². The SMILES string of the molecule is CCCCC[C@@H](N)c1ccccc1OC(F)(F)F.Cl. The van der Waals surface area contributed by atoms with Gasteiger partial charge in [-0.2, -0.15) is 0 Å². The van der Waals surface area contributed by atoms with E-state index in [0.717, 1.165) is 19.3 Å². The molecule has 0 radical (unpaired) electrons. The minimum absolute atomic E-state index is 0. The fraction of sp³-hybridized carbons (Fsp3) is 0.538. The van der Waals surface area contributed by atoms with Gasteiger partial charge >= 0.3 is 6.36 Å². The molecule has 0 bridgehead atoms. The van der Waals surface area contributed by atoms with Gasteiger partial charge in [0.05, 0.1) is 0 Å². The molecular formula is C13H19ClF3NO. The lowest BCUT2D eigenvalue weighted by Gasteiger charge is -2.17. The van der Waals surface area contributed by atoms with Crippen LogP contribution in [0.2, 0.25) is 0 Å². The van der Waals surface area contributed by atoms with Gasteiger partial charge in [0.2, 0.25) is 0 Å². The largest absolute Gasteiger partial charge is 0.573 e. The van der Waals surface area contributed by atoms with Crippen molar-refractivity contribution < 1.29 is 17.9 Å². The number of hydrogen-bond donors (Lipinski definition) is 1. The second-order valence-corrected chi connectivity index (χ2v) is 4.19. The van der Waals surface area contributed by atoms with Crippen LogP contribution in [0.15, 0.2) is 24.3 Å². The van der Waals surface area contributed by atoms with Crippen LogP contribution in [0.5, 0.6) is 5.75 Å². The maximum Gasteiger partial charge on any atom is 0.573 e. The Kier molecular flexibility index (Phi) is 7.87. The van der Waals surface area contributed by atoms with Crippen molar-refractivity contribution in [3.63, 3.8) is 0 Å². The van der Waals surface area contributed by atoms with Crippen LogP contribution < -0.4 is 10.5 Å². The molecule has 1 atom stereocenters. The molecule has 0 aliphatic heterocycles. The van der Waals surface area contributed by atoms with E-state index in [0.29, 0.717) is 12.0 Å². The van der Waals surface area contributed by atoms with Gasteiger partial charge in [-0.3, -0.25) is 0 Å². The molecule has 0 aliphatic rings. The molecule has 1 aromatic rings. The first kappa shape index (κ1) is 18.1. The van der Waals surface area contributed by atoms with Crippen molar-refractivity contribution in [2.75, 3.05) is 0 Å². The summed E-state index contributed by atoms with van der Waals surface area (Å²) in [4.78, 5) is 0. The summed E-state index contributed by atoms with van der Waals surface area (Å²) in [6, 6.07) is 5.62. The molecule has 0 unspecified atom stereocenters. The van der Waals surface area contributed by atoms with E-state index in [1.54, 1.807) is 12.1 Å². The topological polar surface area (TPSA) is 35.2 Å². The molecule has 1 rings (SSSR count). The molecule has 0 fully saturated rings. The Labute approximate surface area is 117 Å². The van der Waals surface area contributed by atoms with Gasteiger partial charge in [-0.1, -0.05) is 44.4 Å². The van der Waals surface area contributed by atoms with Crippen LogP contribution in [0.4, 0.5) is 13.2 Å². The second kappa shape index (κ2) is 8.27. The van der Waals surface area contributed by atoms with E-state index in [9.17, 15) is 13.2 Å². The maximum absolute atomic E-state index is 12.2. The molecule has 0 saturated heterocycles. The summed E-state index contributed by atoms with van der Waals surface area (Å²) in [5.41, 5.74) is 6.32. The van der Waals surface area contributed by atoms with Crippen LogP contribution in [0.3, 0.4) is 0 Å². The van der Waals surface area contributed by atoms with Crippen LogP contribution in [-0.2, 0) is 0 Å². The molecule has 0 aliphatic carbocycles. The quantitative estimate of drug-likeness (QED) is 0.780. The zero-order valence-electron chi connectivity index (χ0n) is 10.7. The molecule has 0 amide bonds. The normalized spacial score (nSPS) is 12.7. The Morgan fingerprint density at radius 3 is 2.42 bits per heavy atom. The molecule has 0 spiro atoms. The Morgan fingerprint density at radius 1 is 1.21 bits per heavy atom. The number of benzene rings is 1. The summed E-state index contributed by atoms with van der Waals surface area (Å²) in [5, 5.41) is 0. The van der Waals surface area contributed by atoms with Crippen LogP contribution >= 0.6 is 12.4 Å². The summed E-state index contributed by atoms with van der Waals surface area (Å²) >= 11 is 0. The summed E-state index contributed by atoms with van der Waals surface area (Å²) in [5.74, 6) is -0.200. The van der Waals surface area contributed by atoms with E-state index in [-0.39, 0.29) is 18.2 Å². The van der Waals surface area contributed by atoms with E-state index in [1.807, 2.05) is 0 Å². The first-order valence-corrected chi connectivity index (χ1v) is 6.04. The number of para-hydroxylation sites is 1. The van der Waals surface area contributed by atoms with Crippen LogP contribution in [0, 0.1) is 0 Å². The van der Waals surface area contributed by atoms with Crippen molar-refractivity contribution in [2.45, 2.75) is 45.0 Å². The number of halogens is 4. The van der Waals surface area contributed by atoms with Gasteiger partial charge < -0.3 is 10.5 Å². The van der Waals surface area contributed by atoms with Gasteiger partial charge in [0.15, 0.2) is 0 Å². The predicted molar refractivity (Wildman–Crippen MR) is 71.4 cm³/mol. The smallest absolute Gasteiger partial charge is 0.405 e. The standard InChI is InChI=1S/C13H18F3NO.ClH/c1-2-3-4-8-11(17)10-7-5-6-9-12(10)18-13(14,15)16;/h5-7,9,11H,2-4,8,17H2,1H3;1H/t11-;/m1./s1. The Morgan fingerprint density at radius 2 is 1.84 bits per heavy atom. The number of nitrogens with two attached hydrogens (primary N) is 1. The number of alkyl halides is 3. The lowest BCUT2D eigenvalue weighted by molar-refractivity contribution is -0.275.